The molecular formula is C29H41ClN6O5S. The van der Waals surface area contributed by atoms with E-state index in [0.29, 0.717) is 59.9 Å². The van der Waals surface area contributed by atoms with Crippen LogP contribution in [0.4, 0.5) is 16.4 Å². The highest BCUT2D eigenvalue weighted by Crippen LogP contribution is 2.39. The molecule has 0 aliphatic carbocycles. The standard InChI is InChI=1S/C29H41ClN6O5S/c1-28(2,3)41-27(39)33-18-29(4)9-14-36(15-10-29)24-20(17-37)34-22(16-32-24)42-21-6-11-31-25(23(21)30)35-12-7-19(8-13-35)26(38)40-5/h6,11,16,19,37H,7-10,12-15,17-18H2,1-5H3,(H,33,39). The van der Waals surface area contributed by atoms with Crippen molar-refractivity contribution in [2.24, 2.45) is 11.3 Å². The maximum Gasteiger partial charge on any atom is 0.407 e. The Bertz CT molecular complexity index is 1260. The number of ether oxygens (including phenoxy) is 2. The smallest absolute Gasteiger partial charge is 0.407 e. The van der Waals surface area contributed by atoms with Gasteiger partial charge in [-0.2, -0.15) is 0 Å². The van der Waals surface area contributed by atoms with Gasteiger partial charge in [0.05, 0.1) is 30.9 Å². The molecule has 230 valence electrons. The fraction of sp³-hybridized carbons (Fsp3) is 0.621. The normalized spacial score (nSPS) is 17.6. The number of hydrogen-bond donors (Lipinski definition) is 2. The van der Waals surface area contributed by atoms with Crippen molar-refractivity contribution in [1.29, 1.82) is 0 Å². The summed E-state index contributed by atoms with van der Waals surface area (Å²) >= 11 is 8.16. The van der Waals surface area contributed by atoms with Crippen LogP contribution in [0.1, 0.15) is 59.1 Å². The van der Waals surface area contributed by atoms with E-state index in [0.717, 1.165) is 30.8 Å². The lowest BCUT2D eigenvalue weighted by atomic mass is 9.80. The first-order valence-corrected chi connectivity index (χ1v) is 15.4. The molecule has 0 atom stereocenters. The topological polar surface area (TPSA) is 130 Å². The number of methoxy groups -OCH3 is 1. The molecule has 0 bridgehead atoms. The molecule has 2 N–H and O–H groups in total. The summed E-state index contributed by atoms with van der Waals surface area (Å²) in [5.74, 6) is 1.07. The van der Waals surface area contributed by atoms with Crippen LogP contribution in [0.25, 0.3) is 0 Å². The first kappa shape index (κ1) is 32.1. The molecule has 0 spiro atoms. The maximum atomic E-state index is 12.1. The quantitative estimate of drug-likeness (QED) is 0.399. The number of halogens is 1. The minimum absolute atomic E-state index is 0.0691. The molecule has 0 radical (unpaired) electrons. The highest BCUT2D eigenvalue weighted by molar-refractivity contribution is 7.99. The van der Waals surface area contributed by atoms with E-state index in [-0.39, 0.29) is 23.9 Å². The third-order valence-corrected chi connectivity index (χ3v) is 9.11. The van der Waals surface area contributed by atoms with Crippen molar-refractivity contribution >= 4 is 47.1 Å². The van der Waals surface area contributed by atoms with E-state index in [2.05, 4.69) is 32.0 Å². The number of piperidine rings is 2. The van der Waals surface area contributed by atoms with E-state index >= 15 is 0 Å². The highest BCUT2D eigenvalue weighted by Gasteiger charge is 2.33. The van der Waals surface area contributed by atoms with Crippen molar-refractivity contribution < 1.29 is 24.2 Å². The van der Waals surface area contributed by atoms with Gasteiger partial charge in [-0.3, -0.25) is 4.79 Å². The number of alkyl carbamates (subject to hydrolysis) is 1. The summed E-state index contributed by atoms with van der Waals surface area (Å²) in [5.41, 5.74) is -0.0980. The Morgan fingerprint density at radius 1 is 1.14 bits per heavy atom. The second-order valence-electron chi connectivity index (χ2n) is 12.1. The summed E-state index contributed by atoms with van der Waals surface area (Å²) in [4.78, 5) is 42.9. The van der Waals surface area contributed by atoms with Gasteiger partial charge in [-0.15, -0.1) is 0 Å². The molecule has 2 aliphatic rings. The van der Waals surface area contributed by atoms with Gasteiger partial charge in [0.1, 0.15) is 22.1 Å². The number of esters is 1. The molecule has 0 unspecified atom stereocenters. The minimum atomic E-state index is -0.534. The summed E-state index contributed by atoms with van der Waals surface area (Å²) in [7, 11) is 1.42. The van der Waals surface area contributed by atoms with Gasteiger partial charge in [-0.25, -0.2) is 19.7 Å². The summed E-state index contributed by atoms with van der Waals surface area (Å²) in [6.07, 6.45) is 6.07. The molecule has 2 fully saturated rings. The molecule has 4 rings (SSSR count). The van der Waals surface area contributed by atoms with Crippen LogP contribution in [0.2, 0.25) is 5.02 Å². The molecule has 13 heteroatoms. The molecule has 1 amide bonds. The molecule has 42 heavy (non-hydrogen) atoms. The zero-order valence-corrected chi connectivity index (χ0v) is 26.6. The minimum Gasteiger partial charge on any atom is -0.469 e. The van der Waals surface area contributed by atoms with E-state index in [4.69, 9.17) is 26.1 Å². The van der Waals surface area contributed by atoms with Crippen molar-refractivity contribution in [1.82, 2.24) is 20.3 Å². The van der Waals surface area contributed by atoms with Crippen LogP contribution in [-0.4, -0.2) is 77.6 Å². The lowest BCUT2D eigenvalue weighted by Gasteiger charge is -2.40. The number of aliphatic hydroxyl groups is 1. The fourth-order valence-electron chi connectivity index (χ4n) is 5.18. The molecule has 4 heterocycles. The van der Waals surface area contributed by atoms with Crippen LogP contribution >= 0.6 is 23.4 Å². The Hall–Kier alpha value is -2.83. The van der Waals surface area contributed by atoms with Crippen molar-refractivity contribution in [2.45, 2.75) is 75.5 Å². The summed E-state index contributed by atoms with van der Waals surface area (Å²) < 4.78 is 10.3. The number of aromatic nitrogens is 3. The van der Waals surface area contributed by atoms with Gasteiger partial charge >= 0.3 is 12.1 Å². The maximum absolute atomic E-state index is 12.1. The number of aliphatic hydroxyl groups excluding tert-OH is 1. The molecule has 2 aliphatic heterocycles. The number of carbonyl (C=O) groups is 2. The second-order valence-corrected chi connectivity index (χ2v) is 13.6. The average molecular weight is 621 g/mol. The van der Waals surface area contributed by atoms with Crippen LogP contribution in [0, 0.1) is 11.3 Å². The van der Waals surface area contributed by atoms with Gasteiger partial charge in [0, 0.05) is 43.8 Å². The Kier molecular flexibility index (Phi) is 10.4. The Labute approximate surface area is 256 Å². The largest absolute Gasteiger partial charge is 0.469 e. The lowest BCUT2D eigenvalue weighted by Crippen LogP contribution is -2.46. The number of rotatable bonds is 8. The van der Waals surface area contributed by atoms with Crippen LogP contribution in [0.15, 0.2) is 28.4 Å². The van der Waals surface area contributed by atoms with Crippen LogP contribution in [0.3, 0.4) is 0 Å². The molecular weight excluding hydrogens is 580 g/mol. The number of carbonyl (C=O) groups excluding carboxylic acids is 2. The van der Waals surface area contributed by atoms with E-state index < -0.39 is 11.7 Å². The number of nitrogens with one attached hydrogen (secondary N) is 1. The molecule has 0 aromatic carbocycles. The predicted octanol–water partition coefficient (Wildman–Crippen LogP) is 4.69. The predicted molar refractivity (Wildman–Crippen MR) is 162 cm³/mol. The number of pyridine rings is 1. The SMILES string of the molecule is COC(=O)C1CCN(c2nccc(Sc3cnc(N4CCC(C)(CNC(=O)OC(C)(C)C)CC4)c(CO)n3)c2Cl)CC1. The third kappa shape index (κ3) is 8.17. The number of nitrogens with zero attached hydrogens (tertiary/aromatic N) is 5. The number of anilines is 2. The molecule has 2 saturated heterocycles. The van der Waals surface area contributed by atoms with Crippen LogP contribution in [-0.2, 0) is 20.9 Å². The fourth-order valence-corrected chi connectivity index (χ4v) is 6.32. The van der Waals surface area contributed by atoms with Crippen molar-refractivity contribution in [3.05, 3.63) is 29.2 Å². The molecule has 0 saturated carbocycles. The first-order valence-electron chi connectivity index (χ1n) is 14.2. The highest BCUT2D eigenvalue weighted by atomic mass is 35.5. The van der Waals surface area contributed by atoms with Gasteiger partial charge in [0.15, 0.2) is 5.82 Å². The lowest BCUT2D eigenvalue weighted by molar-refractivity contribution is -0.146. The van der Waals surface area contributed by atoms with Gasteiger partial charge in [0.25, 0.3) is 0 Å². The van der Waals surface area contributed by atoms with E-state index in [1.165, 1.54) is 18.9 Å². The van der Waals surface area contributed by atoms with Crippen molar-refractivity contribution in [2.75, 3.05) is 49.6 Å². The monoisotopic (exact) mass is 620 g/mol. The first-order chi connectivity index (χ1) is 19.9. The summed E-state index contributed by atoms with van der Waals surface area (Å²) in [5, 5.41) is 14.2. The van der Waals surface area contributed by atoms with Crippen LogP contribution < -0.4 is 15.1 Å². The van der Waals surface area contributed by atoms with Gasteiger partial charge < -0.3 is 29.7 Å². The van der Waals surface area contributed by atoms with E-state index in [1.807, 2.05) is 26.8 Å². The van der Waals surface area contributed by atoms with Gasteiger partial charge in [-0.05, 0) is 57.9 Å². The zero-order chi connectivity index (χ0) is 30.5. The second kappa shape index (κ2) is 13.6. The average Bonchev–Trinajstić information content (AvgIpc) is 2.96. The van der Waals surface area contributed by atoms with E-state index in [1.54, 1.807) is 12.4 Å². The molecule has 2 aromatic rings. The number of amides is 1. The Morgan fingerprint density at radius 3 is 2.43 bits per heavy atom. The third-order valence-electron chi connectivity index (χ3n) is 7.66. The van der Waals surface area contributed by atoms with Crippen molar-refractivity contribution in [3.63, 3.8) is 0 Å². The Morgan fingerprint density at radius 2 is 1.81 bits per heavy atom. The molecule has 11 nitrogen and oxygen atoms in total. The van der Waals surface area contributed by atoms with Gasteiger partial charge in [0.2, 0.25) is 0 Å². The van der Waals surface area contributed by atoms with Crippen LogP contribution in [0.5, 0.6) is 0 Å². The summed E-state index contributed by atoms with van der Waals surface area (Å²) in [6, 6.07) is 1.84. The Balaban J connectivity index is 1.38. The van der Waals surface area contributed by atoms with Gasteiger partial charge in [-0.1, -0.05) is 30.3 Å². The van der Waals surface area contributed by atoms with Crippen molar-refractivity contribution in [3.8, 4) is 0 Å². The number of hydrogen-bond acceptors (Lipinski definition) is 11. The zero-order valence-electron chi connectivity index (χ0n) is 25.0. The summed E-state index contributed by atoms with van der Waals surface area (Å²) in [6.45, 7) is 10.8. The molecule has 2 aromatic heterocycles. The van der Waals surface area contributed by atoms with E-state index in [9.17, 15) is 14.7 Å².